The molecule has 1 heterocycles. The number of aliphatic carboxylic acids is 4. The van der Waals surface area contributed by atoms with Gasteiger partial charge in [0.2, 0.25) is 5.91 Å². The van der Waals surface area contributed by atoms with E-state index in [-0.39, 0.29) is 104 Å². The monoisotopic (exact) mass is 650 g/mol. The number of carbonyl (C=O) groups excluding carboxylic acids is 1. The van der Waals surface area contributed by atoms with Crippen molar-refractivity contribution in [2.45, 2.75) is 18.9 Å². The van der Waals surface area contributed by atoms with Gasteiger partial charge in [-0.2, -0.15) is 0 Å². The maximum absolute atomic E-state index is 12.5. The average Bonchev–Trinajstić information content (AvgIpc) is 2.95. The highest BCUT2D eigenvalue weighted by molar-refractivity contribution is 5.78. The van der Waals surface area contributed by atoms with Crippen LogP contribution in [0, 0.1) is 0 Å². The first-order valence-electron chi connectivity index (χ1n) is 15.0. The number of nitrogens with zero attached hydrogens (tertiary/aromatic N) is 4. The SMILES string of the molecule is NCCOCCOCCOCCNC(=O)CCC(C(=O)O)N1CCN(CC(=O)O)CCN(CC(=O)O)CCN(CC(=O)O)CC1. The summed E-state index contributed by atoms with van der Waals surface area (Å²) in [4.78, 5) is 65.5. The molecule has 0 spiro atoms. The fraction of sp³-hybridized carbons (Fsp3) is 0.815. The second kappa shape index (κ2) is 24.3. The molecule has 0 bridgehead atoms. The summed E-state index contributed by atoms with van der Waals surface area (Å²) in [7, 11) is 0. The van der Waals surface area contributed by atoms with Gasteiger partial charge in [-0.05, 0) is 6.42 Å². The van der Waals surface area contributed by atoms with Crippen molar-refractivity contribution >= 4 is 29.8 Å². The summed E-state index contributed by atoms with van der Waals surface area (Å²) in [6.07, 6.45) is -0.104. The zero-order valence-corrected chi connectivity index (χ0v) is 25.8. The highest BCUT2D eigenvalue weighted by Gasteiger charge is 2.28. The van der Waals surface area contributed by atoms with Crippen LogP contribution in [0.1, 0.15) is 12.8 Å². The van der Waals surface area contributed by atoms with Crippen molar-refractivity contribution in [1.29, 1.82) is 0 Å². The van der Waals surface area contributed by atoms with Crippen LogP contribution in [0.5, 0.6) is 0 Å². The number of ether oxygens (including phenoxy) is 3. The number of amides is 1. The van der Waals surface area contributed by atoms with Gasteiger partial charge in [0.25, 0.3) is 0 Å². The van der Waals surface area contributed by atoms with E-state index in [1.807, 2.05) is 0 Å². The molecule has 260 valence electrons. The van der Waals surface area contributed by atoms with Crippen LogP contribution in [0.2, 0.25) is 0 Å². The van der Waals surface area contributed by atoms with Crippen LogP contribution >= 0.6 is 0 Å². The lowest BCUT2D eigenvalue weighted by Crippen LogP contribution is -2.52. The summed E-state index contributed by atoms with van der Waals surface area (Å²) in [5.41, 5.74) is 5.32. The van der Waals surface area contributed by atoms with Crippen molar-refractivity contribution in [3.63, 3.8) is 0 Å². The Hall–Kier alpha value is -2.97. The normalized spacial score (nSPS) is 17.2. The third-order valence-electron chi connectivity index (χ3n) is 6.89. The van der Waals surface area contributed by atoms with Crippen LogP contribution in [0.25, 0.3) is 0 Å². The van der Waals surface area contributed by atoms with E-state index in [4.69, 9.17) is 19.9 Å². The van der Waals surface area contributed by atoms with Gasteiger partial charge in [-0.3, -0.25) is 43.6 Å². The van der Waals surface area contributed by atoms with E-state index >= 15 is 0 Å². The molecule has 0 aliphatic carbocycles. The fourth-order valence-electron chi connectivity index (χ4n) is 4.62. The van der Waals surface area contributed by atoms with E-state index in [1.54, 1.807) is 19.6 Å². The molecule has 1 amide bonds. The van der Waals surface area contributed by atoms with Crippen molar-refractivity contribution in [2.75, 3.05) is 125 Å². The van der Waals surface area contributed by atoms with Gasteiger partial charge in [0.1, 0.15) is 6.04 Å². The number of nitrogens with one attached hydrogen (secondary N) is 1. The predicted molar refractivity (Wildman–Crippen MR) is 159 cm³/mol. The third-order valence-corrected chi connectivity index (χ3v) is 6.89. The lowest BCUT2D eigenvalue weighted by molar-refractivity contribution is -0.145. The fourth-order valence-corrected chi connectivity index (χ4v) is 4.62. The summed E-state index contributed by atoms with van der Waals surface area (Å²) >= 11 is 0. The molecule has 0 radical (unpaired) electrons. The highest BCUT2D eigenvalue weighted by Crippen LogP contribution is 2.10. The minimum Gasteiger partial charge on any atom is -0.480 e. The van der Waals surface area contributed by atoms with Crippen molar-refractivity contribution in [3.05, 3.63) is 0 Å². The summed E-state index contributed by atoms with van der Waals surface area (Å²) in [6, 6.07) is -1.08. The van der Waals surface area contributed by atoms with Crippen LogP contribution in [-0.2, 0) is 38.2 Å². The van der Waals surface area contributed by atoms with Crippen molar-refractivity contribution in [2.24, 2.45) is 5.73 Å². The average molecular weight is 651 g/mol. The molecular formula is C27H50N6O12. The molecule has 1 saturated heterocycles. The summed E-state index contributed by atoms with van der Waals surface area (Å²) in [5.74, 6) is -4.74. The molecule has 7 N–H and O–H groups in total. The number of hydrogen-bond donors (Lipinski definition) is 6. The Morgan fingerprint density at radius 2 is 1.02 bits per heavy atom. The second-order valence-electron chi connectivity index (χ2n) is 10.4. The molecule has 1 rings (SSSR count). The second-order valence-corrected chi connectivity index (χ2v) is 10.4. The minimum atomic E-state index is -1.16. The Labute approximate surface area is 262 Å². The van der Waals surface area contributed by atoms with Crippen LogP contribution < -0.4 is 11.1 Å². The maximum Gasteiger partial charge on any atom is 0.320 e. The van der Waals surface area contributed by atoms with Crippen LogP contribution in [-0.4, -0.2) is 201 Å². The maximum atomic E-state index is 12.5. The Kier molecular flexibility index (Phi) is 21.6. The van der Waals surface area contributed by atoms with Gasteiger partial charge in [-0.15, -0.1) is 0 Å². The molecule has 45 heavy (non-hydrogen) atoms. The van der Waals surface area contributed by atoms with Crippen molar-refractivity contribution < 1.29 is 58.6 Å². The zero-order valence-electron chi connectivity index (χ0n) is 25.8. The largest absolute Gasteiger partial charge is 0.480 e. The number of rotatable bonds is 22. The Bertz CT molecular complexity index is 866. The molecule has 1 atom stereocenters. The number of nitrogens with two attached hydrogens (primary N) is 1. The van der Waals surface area contributed by atoms with Gasteiger partial charge in [0.15, 0.2) is 0 Å². The minimum absolute atomic E-state index is 0.0215. The molecule has 1 aliphatic rings. The quantitative estimate of drug-likeness (QED) is 0.0632. The van der Waals surface area contributed by atoms with Crippen LogP contribution in [0.3, 0.4) is 0 Å². The van der Waals surface area contributed by atoms with Gasteiger partial charge >= 0.3 is 23.9 Å². The lowest BCUT2D eigenvalue weighted by atomic mass is 10.1. The molecule has 18 nitrogen and oxygen atoms in total. The van der Waals surface area contributed by atoms with Crippen molar-refractivity contribution in [1.82, 2.24) is 24.9 Å². The van der Waals surface area contributed by atoms with Gasteiger partial charge in [-0.25, -0.2) is 0 Å². The molecule has 0 aromatic rings. The van der Waals surface area contributed by atoms with E-state index < -0.39 is 29.9 Å². The van der Waals surface area contributed by atoms with E-state index in [0.29, 0.717) is 39.6 Å². The van der Waals surface area contributed by atoms with Gasteiger partial charge in [0.05, 0.1) is 59.3 Å². The molecule has 0 saturated carbocycles. The first kappa shape index (κ1) is 40.1. The molecule has 18 heteroatoms. The highest BCUT2D eigenvalue weighted by atomic mass is 16.5. The summed E-state index contributed by atoms with van der Waals surface area (Å²) < 4.78 is 15.9. The molecule has 1 fully saturated rings. The van der Waals surface area contributed by atoms with Gasteiger partial charge in [0, 0.05) is 71.9 Å². The van der Waals surface area contributed by atoms with Crippen LogP contribution in [0.15, 0.2) is 0 Å². The van der Waals surface area contributed by atoms with E-state index in [2.05, 4.69) is 5.32 Å². The van der Waals surface area contributed by atoms with Gasteiger partial charge < -0.3 is 45.7 Å². The summed E-state index contributed by atoms with van der Waals surface area (Å²) in [5, 5.41) is 40.8. The standard InChI is InChI=1S/C27H50N6O12/c28-3-13-43-15-17-45-18-16-44-14-4-29-23(34)2-1-22(27(41)42)33-11-9-31(20-25(37)38)7-5-30(19-24(35)36)6-8-32(10-12-33)21-26(39)40/h22H,1-21,28H2,(H,29,34)(H,35,36)(H,37,38)(H,39,40)(H,41,42). The Morgan fingerprint density at radius 1 is 0.622 bits per heavy atom. The molecular weight excluding hydrogens is 600 g/mol. The molecule has 0 aromatic heterocycles. The van der Waals surface area contributed by atoms with Crippen molar-refractivity contribution in [3.8, 4) is 0 Å². The topological polar surface area (TPSA) is 245 Å². The molecule has 1 aliphatic heterocycles. The predicted octanol–water partition coefficient (Wildman–Crippen LogP) is -3.18. The Balaban J connectivity index is 2.73. The van der Waals surface area contributed by atoms with Gasteiger partial charge in [-0.1, -0.05) is 0 Å². The molecule has 1 unspecified atom stereocenters. The van der Waals surface area contributed by atoms with Crippen LogP contribution in [0.4, 0.5) is 0 Å². The lowest BCUT2D eigenvalue weighted by Gasteiger charge is -2.35. The number of carboxylic acids is 4. The smallest absolute Gasteiger partial charge is 0.320 e. The number of carboxylic acid groups (broad SMARTS) is 4. The van der Waals surface area contributed by atoms with E-state index in [1.165, 1.54) is 0 Å². The first-order valence-corrected chi connectivity index (χ1v) is 15.0. The number of hydrogen-bond acceptors (Lipinski definition) is 13. The third kappa shape index (κ3) is 20.6. The first-order chi connectivity index (χ1) is 21.5. The molecule has 0 aromatic carbocycles. The number of carbonyl (C=O) groups is 5. The van der Waals surface area contributed by atoms with E-state index in [9.17, 15) is 44.4 Å². The summed E-state index contributed by atoms with van der Waals surface area (Å²) in [6.45, 7) is 3.51. The Morgan fingerprint density at radius 3 is 1.42 bits per heavy atom. The van der Waals surface area contributed by atoms with E-state index in [0.717, 1.165) is 0 Å². The zero-order chi connectivity index (χ0) is 33.5.